The van der Waals surface area contributed by atoms with Crippen LogP contribution in [0.5, 0.6) is 0 Å². The highest BCUT2D eigenvalue weighted by Crippen LogP contribution is 2.30. The third-order valence-corrected chi connectivity index (χ3v) is 4.43. The van der Waals surface area contributed by atoms with E-state index < -0.39 is 0 Å². The van der Waals surface area contributed by atoms with Gasteiger partial charge in [-0.3, -0.25) is 0 Å². The molecule has 2 aliphatic rings. The molecule has 18 heavy (non-hydrogen) atoms. The third kappa shape index (κ3) is 2.09. The van der Waals surface area contributed by atoms with Crippen LogP contribution in [0.3, 0.4) is 0 Å². The van der Waals surface area contributed by atoms with Gasteiger partial charge in [-0.15, -0.1) is 0 Å². The summed E-state index contributed by atoms with van der Waals surface area (Å²) in [6.45, 7) is 4.31. The van der Waals surface area contributed by atoms with E-state index in [1.54, 1.807) is 6.33 Å². The maximum Gasteiger partial charge on any atom is 0.135 e. The molecule has 2 heterocycles. The molecule has 1 aromatic rings. The van der Waals surface area contributed by atoms with E-state index in [-0.39, 0.29) is 0 Å². The van der Waals surface area contributed by atoms with Crippen molar-refractivity contribution in [3.63, 3.8) is 0 Å². The van der Waals surface area contributed by atoms with Crippen molar-refractivity contribution in [2.24, 2.45) is 11.7 Å². The van der Waals surface area contributed by atoms with Gasteiger partial charge in [0.1, 0.15) is 12.1 Å². The second-order valence-electron chi connectivity index (χ2n) is 5.66. The van der Waals surface area contributed by atoms with Gasteiger partial charge in [0.15, 0.2) is 0 Å². The van der Waals surface area contributed by atoms with Gasteiger partial charge in [-0.2, -0.15) is 0 Å². The van der Waals surface area contributed by atoms with Gasteiger partial charge in [0, 0.05) is 30.4 Å². The number of aromatic nitrogens is 2. The lowest BCUT2D eigenvalue weighted by molar-refractivity contribution is 0.353. The highest BCUT2D eigenvalue weighted by molar-refractivity contribution is 5.50. The summed E-state index contributed by atoms with van der Waals surface area (Å²) in [5, 5.41) is 0. The quantitative estimate of drug-likeness (QED) is 0.860. The van der Waals surface area contributed by atoms with Crippen LogP contribution < -0.4 is 10.6 Å². The van der Waals surface area contributed by atoms with E-state index in [1.807, 2.05) is 0 Å². The Morgan fingerprint density at radius 2 is 2.06 bits per heavy atom. The molecule has 3 rings (SSSR count). The number of hydrogen-bond donors (Lipinski definition) is 1. The van der Waals surface area contributed by atoms with Gasteiger partial charge in [-0.1, -0.05) is 0 Å². The number of nitrogens with two attached hydrogens (primary N) is 1. The Morgan fingerprint density at radius 1 is 1.28 bits per heavy atom. The van der Waals surface area contributed by atoms with E-state index in [2.05, 4.69) is 21.8 Å². The summed E-state index contributed by atoms with van der Waals surface area (Å²) in [5.41, 5.74) is 8.67. The van der Waals surface area contributed by atoms with Crippen LogP contribution in [-0.2, 0) is 12.8 Å². The summed E-state index contributed by atoms with van der Waals surface area (Å²) in [4.78, 5) is 11.4. The zero-order valence-corrected chi connectivity index (χ0v) is 11.1. The Labute approximate surface area is 109 Å². The first-order chi connectivity index (χ1) is 8.75. The molecule has 1 aromatic heterocycles. The highest BCUT2D eigenvalue weighted by atomic mass is 15.2. The average Bonchev–Trinajstić information content (AvgIpc) is 2.87. The van der Waals surface area contributed by atoms with Crippen molar-refractivity contribution in [3.05, 3.63) is 17.6 Å². The Hall–Kier alpha value is -1.16. The Morgan fingerprint density at radius 3 is 2.78 bits per heavy atom. The fourth-order valence-electron chi connectivity index (χ4n) is 3.25. The lowest BCUT2D eigenvalue weighted by Gasteiger charge is -2.35. The number of hydrogen-bond acceptors (Lipinski definition) is 4. The van der Waals surface area contributed by atoms with E-state index in [0.717, 1.165) is 25.9 Å². The lowest BCUT2D eigenvalue weighted by Crippen LogP contribution is -2.40. The van der Waals surface area contributed by atoms with Crippen molar-refractivity contribution >= 4 is 5.82 Å². The van der Waals surface area contributed by atoms with Crippen molar-refractivity contribution in [3.8, 4) is 0 Å². The van der Waals surface area contributed by atoms with Gasteiger partial charge in [0.2, 0.25) is 0 Å². The minimum absolute atomic E-state index is 0.322. The molecule has 0 spiro atoms. The first kappa shape index (κ1) is 11.9. The van der Waals surface area contributed by atoms with Gasteiger partial charge in [0.25, 0.3) is 0 Å². The summed E-state index contributed by atoms with van der Waals surface area (Å²) in [6.07, 6.45) is 7.63. The highest BCUT2D eigenvalue weighted by Gasteiger charge is 2.26. The fraction of sp³-hybridized carbons (Fsp3) is 0.714. The minimum atomic E-state index is 0.322. The lowest BCUT2D eigenvalue weighted by atomic mass is 9.91. The Balaban J connectivity index is 1.75. The van der Waals surface area contributed by atoms with Crippen molar-refractivity contribution in [2.45, 2.75) is 45.1 Å². The maximum atomic E-state index is 6.00. The molecular weight excluding hydrogens is 224 g/mol. The zero-order chi connectivity index (χ0) is 12.5. The summed E-state index contributed by atoms with van der Waals surface area (Å²) in [6, 6.07) is 0.322. The number of nitrogens with zero attached hydrogens (tertiary/aromatic N) is 3. The Bertz CT molecular complexity index is 422. The van der Waals surface area contributed by atoms with Crippen LogP contribution >= 0.6 is 0 Å². The molecule has 98 valence electrons. The fourth-order valence-corrected chi connectivity index (χ4v) is 3.25. The van der Waals surface area contributed by atoms with Gasteiger partial charge >= 0.3 is 0 Å². The van der Waals surface area contributed by atoms with Crippen LogP contribution in [0, 0.1) is 5.92 Å². The molecule has 0 radical (unpaired) electrons. The molecule has 1 aliphatic carbocycles. The normalized spacial score (nSPS) is 22.0. The topological polar surface area (TPSA) is 55.0 Å². The molecule has 0 aromatic carbocycles. The van der Waals surface area contributed by atoms with Gasteiger partial charge in [-0.25, -0.2) is 9.97 Å². The molecule has 0 bridgehead atoms. The SMILES string of the molecule is CC(N)C1CCN(c2ncnc3c2CCC3)CC1. The van der Waals surface area contributed by atoms with Crippen molar-refractivity contribution in [2.75, 3.05) is 18.0 Å². The van der Waals surface area contributed by atoms with E-state index in [1.165, 1.54) is 36.3 Å². The standard InChI is InChI=1S/C14H22N4/c1-10(15)11-5-7-18(8-6-11)14-12-3-2-4-13(12)16-9-17-14/h9-11H,2-8,15H2,1H3. The summed E-state index contributed by atoms with van der Waals surface area (Å²) >= 11 is 0. The van der Waals surface area contributed by atoms with E-state index in [0.29, 0.717) is 12.0 Å². The van der Waals surface area contributed by atoms with Crippen LogP contribution in [0.4, 0.5) is 5.82 Å². The monoisotopic (exact) mass is 246 g/mol. The van der Waals surface area contributed by atoms with Crippen LogP contribution in [0.1, 0.15) is 37.4 Å². The molecule has 2 N–H and O–H groups in total. The molecule has 1 atom stereocenters. The molecule has 1 unspecified atom stereocenters. The number of piperidine rings is 1. The first-order valence-electron chi connectivity index (χ1n) is 7.09. The molecule has 4 nitrogen and oxygen atoms in total. The number of rotatable bonds is 2. The predicted molar refractivity (Wildman–Crippen MR) is 72.6 cm³/mol. The van der Waals surface area contributed by atoms with Crippen LogP contribution in [0.25, 0.3) is 0 Å². The molecule has 0 amide bonds. The molecule has 1 aliphatic heterocycles. The Kier molecular flexibility index (Phi) is 3.20. The number of aryl methyl sites for hydroxylation is 1. The number of fused-ring (bicyclic) bond motifs is 1. The second-order valence-corrected chi connectivity index (χ2v) is 5.66. The molecule has 4 heteroatoms. The number of anilines is 1. The van der Waals surface area contributed by atoms with Gasteiger partial charge in [0.05, 0.1) is 0 Å². The summed E-state index contributed by atoms with van der Waals surface area (Å²) in [7, 11) is 0. The largest absolute Gasteiger partial charge is 0.356 e. The van der Waals surface area contributed by atoms with Crippen LogP contribution in [-0.4, -0.2) is 29.1 Å². The minimum Gasteiger partial charge on any atom is -0.356 e. The molecule has 0 saturated carbocycles. The van der Waals surface area contributed by atoms with E-state index in [4.69, 9.17) is 5.73 Å². The van der Waals surface area contributed by atoms with Crippen molar-refractivity contribution < 1.29 is 0 Å². The summed E-state index contributed by atoms with van der Waals surface area (Å²) < 4.78 is 0. The average molecular weight is 246 g/mol. The maximum absolute atomic E-state index is 6.00. The zero-order valence-electron chi connectivity index (χ0n) is 11.1. The van der Waals surface area contributed by atoms with Gasteiger partial charge < -0.3 is 10.6 Å². The third-order valence-electron chi connectivity index (χ3n) is 4.43. The van der Waals surface area contributed by atoms with Crippen LogP contribution in [0.2, 0.25) is 0 Å². The first-order valence-corrected chi connectivity index (χ1v) is 7.09. The molecular formula is C14H22N4. The van der Waals surface area contributed by atoms with Gasteiger partial charge in [-0.05, 0) is 44.9 Å². The van der Waals surface area contributed by atoms with E-state index in [9.17, 15) is 0 Å². The van der Waals surface area contributed by atoms with E-state index >= 15 is 0 Å². The van der Waals surface area contributed by atoms with Crippen LogP contribution in [0.15, 0.2) is 6.33 Å². The molecule has 1 saturated heterocycles. The predicted octanol–water partition coefficient (Wildman–Crippen LogP) is 1.53. The smallest absolute Gasteiger partial charge is 0.135 e. The molecule has 1 fully saturated rings. The van der Waals surface area contributed by atoms with Crippen molar-refractivity contribution in [1.29, 1.82) is 0 Å². The van der Waals surface area contributed by atoms with Crippen molar-refractivity contribution in [1.82, 2.24) is 9.97 Å². The summed E-state index contributed by atoms with van der Waals surface area (Å²) in [5.74, 6) is 1.87. The second kappa shape index (κ2) is 4.84.